The predicted molar refractivity (Wildman–Crippen MR) is 111 cm³/mol. The van der Waals surface area contributed by atoms with Crippen LogP contribution in [0.25, 0.3) is 0 Å². The maximum absolute atomic E-state index is 12.5. The lowest BCUT2D eigenvalue weighted by Gasteiger charge is -2.13. The second-order valence-corrected chi connectivity index (χ2v) is 6.01. The van der Waals surface area contributed by atoms with Crippen LogP contribution in [0.2, 0.25) is 0 Å². The molecule has 0 spiro atoms. The number of nitrogens with one attached hydrogen (secondary N) is 2. The monoisotopic (exact) mass is 516 g/mol. The van der Waals surface area contributed by atoms with Crippen molar-refractivity contribution in [2.45, 2.75) is 12.6 Å². The fourth-order valence-corrected chi connectivity index (χ4v) is 2.88. The molecule has 2 N–H and O–H groups in total. The first-order valence-corrected chi connectivity index (χ1v) is 8.46. The average molecular weight is 516 g/mol. The summed E-state index contributed by atoms with van der Waals surface area (Å²) in [5.74, 6) is 1.64. The summed E-state index contributed by atoms with van der Waals surface area (Å²) in [6.45, 7) is 0.387. The van der Waals surface area contributed by atoms with Crippen LogP contribution in [0.5, 0.6) is 11.5 Å². The molecule has 0 amide bonds. The molecule has 0 aliphatic rings. The quantitative estimate of drug-likeness (QED) is 0.345. The molecule has 0 bridgehead atoms. The number of rotatable bonds is 6. The number of guanidine groups is 1. The second kappa shape index (κ2) is 10.5. The minimum atomic E-state index is -4.41. The van der Waals surface area contributed by atoms with Crippen molar-refractivity contribution in [2.24, 2.45) is 4.99 Å². The van der Waals surface area contributed by atoms with Crippen LogP contribution in [0.1, 0.15) is 10.7 Å². The Morgan fingerprint density at radius 2 is 1.93 bits per heavy atom. The Bertz CT molecular complexity index is 768. The molecule has 150 valence electrons. The first kappa shape index (κ1) is 23.3. The molecule has 6 nitrogen and oxygen atoms in total. The number of thiazole rings is 1. The molecule has 0 unspecified atom stereocenters. The molecule has 0 fully saturated rings. The third-order valence-electron chi connectivity index (χ3n) is 3.34. The lowest BCUT2D eigenvalue weighted by Crippen LogP contribution is -2.32. The molecule has 0 saturated carbocycles. The lowest BCUT2D eigenvalue weighted by atomic mass is 10.3. The van der Waals surface area contributed by atoms with Gasteiger partial charge in [-0.3, -0.25) is 4.99 Å². The van der Waals surface area contributed by atoms with Crippen molar-refractivity contribution >= 4 is 47.0 Å². The van der Waals surface area contributed by atoms with Crippen molar-refractivity contribution in [3.8, 4) is 11.5 Å². The number of ether oxygens (including phenoxy) is 2. The highest BCUT2D eigenvalue weighted by molar-refractivity contribution is 14.0. The van der Waals surface area contributed by atoms with Crippen LogP contribution in [-0.4, -0.2) is 38.8 Å². The van der Waals surface area contributed by atoms with Gasteiger partial charge in [-0.15, -0.1) is 35.3 Å². The number of aliphatic imine (C=N–C) groups is 1. The molecular formula is C16H20F3IN4O2S. The summed E-state index contributed by atoms with van der Waals surface area (Å²) in [7, 11) is 4.69. The van der Waals surface area contributed by atoms with E-state index in [9.17, 15) is 13.2 Å². The van der Waals surface area contributed by atoms with Crippen molar-refractivity contribution in [2.75, 3.05) is 33.1 Å². The van der Waals surface area contributed by atoms with E-state index in [1.54, 1.807) is 32.4 Å². The Morgan fingerprint density at radius 3 is 2.48 bits per heavy atom. The summed E-state index contributed by atoms with van der Waals surface area (Å²) < 4.78 is 48.0. The van der Waals surface area contributed by atoms with Gasteiger partial charge in [0.05, 0.1) is 19.2 Å². The molecule has 0 atom stereocenters. The Balaban J connectivity index is 0.00000364. The van der Waals surface area contributed by atoms with Gasteiger partial charge in [-0.05, 0) is 12.1 Å². The predicted octanol–water partition coefficient (Wildman–Crippen LogP) is 4.03. The summed E-state index contributed by atoms with van der Waals surface area (Å²) in [6.07, 6.45) is -4.05. The zero-order valence-electron chi connectivity index (χ0n) is 14.9. The SMILES string of the molecule is CN=C(NCCc1nc(C(F)(F)F)cs1)Nc1ccc(OC)c(OC)c1.I. The number of halogens is 4. The van der Waals surface area contributed by atoms with E-state index in [0.717, 1.165) is 22.4 Å². The standard InChI is InChI=1S/C16H19F3N4O2S.HI/c1-20-15(22-10-4-5-11(24-2)12(8-10)25-3)21-7-6-14-23-13(9-26-14)16(17,18)19;/h4-5,8-9H,6-7H2,1-3H3,(H2,20,21,22);1H. The van der Waals surface area contributed by atoms with E-state index < -0.39 is 11.9 Å². The maximum atomic E-state index is 12.5. The second-order valence-electron chi connectivity index (χ2n) is 5.07. The molecule has 2 aromatic rings. The van der Waals surface area contributed by atoms with E-state index in [1.165, 1.54) is 7.11 Å². The number of methoxy groups -OCH3 is 2. The lowest BCUT2D eigenvalue weighted by molar-refractivity contribution is -0.140. The van der Waals surface area contributed by atoms with Gasteiger partial charge in [0.1, 0.15) is 0 Å². The van der Waals surface area contributed by atoms with Crippen molar-refractivity contribution in [1.82, 2.24) is 10.3 Å². The van der Waals surface area contributed by atoms with Crippen molar-refractivity contribution in [3.05, 3.63) is 34.3 Å². The Labute approximate surface area is 176 Å². The Hall–Kier alpha value is -1.76. The van der Waals surface area contributed by atoms with Gasteiger partial charge in [0.25, 0.3) is 0 Å². The van der Waals surface area contributed by atoms with Gasteiger partial charge in [0, 0.05) is 37.1 Å². The highest BCUT2D eigenvalue weighted by Crippen LogP contribution is 2.30. The van der Waals surface area contributed by atoms with Crippen molar-refractivity contribution in [3.63, 3.8) is 0 Å². The van der Waals surface area contributed by atoms with Crippen LogP contribution in [0.15, 0.2) is 28.6 Å². The largest absolute Gasteiger partial charge is 0.493 e. The van der Waals surface area contributed by atoms with E-state index in [-0.39, 0.29) is 24.0 Å². The van der Waals surface area contributed by atoms with E-state index in [1.807, 2.05) is 0 Å². The van der Waals surface area contributed by atoms with Crippen molar-refractivity contribution in [1.29, 1.82) is 0 Å². The molecule has 1 heterocycles. The molecule has 27 heavy (non-hydrogen) atoms. The fourth-order valence-electron chi connectivity index (χ4n) is 2.07. The number of anilines is 1. The minimum absolute atomic E-state index is 0. The van der Waals surface area contributed by atoms with Crippen molar-refractivity contribution < 1.29 is 22.6 Å². The van der Waals surface area contributed by atoms with E-state index in [2.05, 4.69) is 20.6 Å². The molecular weight excluding hydrogens is 496 g/mol. The summed E-state index contributed by atoms with van der Waals surface area (Å²) in [4.78, 5) is 7.68. The van der Waals surface area contributed by atoms with Crippen LogP contribution in [0, 0.1) is 0 Å². The summed E-state index contributed by atoms with van der Waals surface area (Å²) in [6, 6.07) is 5.30. The first-order chi connectivity index (χ1) is 12.4. The first-order valence-electron chi connectivity index (χ1n) is 7.58. The molecule has 0 saturated heterocycles. The summed E-state index contributed by atoms with van der Waals surface area (Å²) in [5, 5.41) is 7.54. The normalized spacial score (nSPS) is 11.6. The Kier molecular flexibility index (Phi) is 9.09. The maximum Gasteiger partial charge on any atom is 0.434 e. The number of alkyl halides is 3. The zero-order chi connectivity index (χ0) is 19.2. The third kappa shape index (κ3) is 6.72. The molecule has 0 aliphatic heterocycles. The average Bonchev–Trinajstić information content (AvgIpc) is 3.10. The fraction of sp³-hybridized carbons (Fsp3) is 0.375. The number of aromatic nitrogens is 1. The molecule has 1 aromatic carbocycles. The topological polar surface area (TPSA) is 67.8 Å². The molecule has 11 heteroatoms. The van der Waals surface area contributed by atoms with Gasteiger partial charge in [0.15, 0.2) is 23.2 Å². The Morgan fingerprint density at radius 1 is 1.22 bits per heavy atom. The number of benzene rings is 1. The molecule has 1 aromatic heterocycles. The van der Waals surface area contributed by atoms with E-state index in [0.29, 0.717) is 35.4 Å². The summed E-state index contributed by atoms with van der Waals surface area (Å²) in [5.41, 5.74) is -0.130. The number of hydrogen-bond acceptors (Lipinski definition) is 5. The van der Waals surface area contributed by atoms with Crippen LogP contribution < -0.4 is 20.1 Å². The molecule has 0 radical (unpaired) electrons. The highest BCUT2D eigenvalue weighted by atomic mass is 127. The van der Waals surface area contributed by atoms with Crippen LogP contribution in [-0.2, 0) is 12.6 Å². The van der Waals surface area contributed by atoms with E-state index in [4.69, 9.17) is 9.47 Å². The summed E-state index contributed by atoms with van der Waals surface area (Å²) >= 11 is 0.987. The van der Waals surface area contributed by atoms with Gasteiger partial charge in [-0.2, -0.15) is 13.2 Å². The van der Waals surface area contributed by atoms with Gasteiger partial charge in [-0.1, -0.05) is 0 Å². The van der Waals surface area contributed by atoms with E-state index >= 15 is 0 Å². The minimum Gasteiger partial charge on any atom is -0.493 e. The number of nitrogens with zero attached hydrogens (tertiary/aromatic N) is 2. The van der Waals surface area contributed by atoms with Gasteiger partial charge in [-0.25, -0.2) is 4.98 Å². The molecule has 0 aliphatic carbocycles. The number of hydrogen-bond donors (Lipinski definition) is 2. The van der Waals surface area contributed by atoms with Crippen LogP contribution >= 0.6 is 35.3 Å². The zero-order valence-corrected chi connectivity index (χ0v) is 18.0. The van der Waals surface area contributed by atoms with Crippen LogP contribution in [0.3, 0.4) is 0 Å². The van der Waals surface area contributed by atoms with Gasteiger partial charge >= 0.3 is 6.18 Å². The van der Waals surface area contributed by atoms with Gasteiger partial charge in [0.2, 0.25) is 0 Å². The molecule has 2 rings (SSSR count). The smallest absolute Gasteiger partial charge is 0.434 e. The van der Waals surface area contributed by atoms with Gasteiger partial charge < -0.3 is 20.1 Å². The highest BCUT2D eigenvalue weighted by Gasteiger charge is 2.33. The third-order valence-corrected chi connectivity index (χ3v) is 4.25. The van der Waals surface area contributed by atoms with Crippen LogP contribution in [0.4, 0.5) is 18.9 Å².